The van der Waals surface area contributed by atoms with Crippen LogP contribution in [-0.2, 0) is 4.79 Å². The Balaban J connectivity index is 1.45. The molecule has 1 aliphatic heterocycles. The van der Waals surface area contributed by atoms with Gasteiger partial charge in [-0.1, -0.05) is 72.3 Å². The fourth-order valence-corrected chi connectivity index (χ4v) is 3.97. The minimum absolute atomic E-state index is 0.0285. The third-order valence-corrected chi connectivity index (χ3v) is 5.58. The van der Waals surface area contributed by atoms with E-state index in [0.29, 0.717) is 24.0 Å². The van der Waals surface area contributed by atoms with Gasteiger partial charge in [-0.2, -0.15) is 0 Å². The van der Waals surface area contributed by atoms with E-state index in [9.17, 15) is 4.79 Å². The van der Waals surface area contributed by atoms with Crippen LogP contribution in [-0.4, -0.2) is 40.0 Å². The molecule has 1 saturated heterocycles. The number of ether oxygens (including phenoxy) is 1. The standard InChI is InChI=1S/C24H24ClN3O2/c25-20-15-26-24(27-16-20)30-21-12-7-13-28(17-21)23(29)14-22(18-8-3-1-4-9-18)19-10-5-2-6-11-19/h1-6,8-11,15-16,21-22H,7,12-14,17H2. The van der Waals surface area contributed by atoms with Gasteiger partial charge in [0.2, 0.25) is 5.91 Å². The van der Waals surface area contributed by atoms with Gasteiger partial charge < -0.3 is 9.64 Å². The van der Waals surface area contributed by atoms with E-state index in [-0.39, 0.29) is 17.9 Å². The van der Waals surface area contributed by atoms with E-state index < -0.39 is 0 Å². The minimum Gasteiger partial charge on any atom is -0.458 e. The molecule has 0 radical (unpaired) electrons. The SMILES string of the molecule is O=C(CC(c1ccccc1)c1ccccc1)N1CCCC(Oc2ncc(Cl)cn2)C1. The second kappa shape index (κ2) is 9.72. The van der Waals surface area contributed by atoms with E-state index in [4.69, 9.17) is 16.3 Å². The number of piperidine rings is 1. The normalized spacial score (nSPS) is 16.5. The van der Waals surface area contributed by atoms with Crippen LogP contribution < -0.4 is 4.74 Å². The molecular weight excluding hydrogens is 398 g/mol. The Bertz CT molecular complexity index is 912. The molecule has 1 aliphatic rings. The Kier molecular flexibility index (Phi) is 6.60. The lowest BCUT2D eigenvalue weighted by Crippen LogP contribution is -2.44. The number of carbonyl (C=O) groups excluding carboxylic acids is 1. The summed E-state index contributed by atoms with van der Waals surface area (Å²) in [5.74, 6) is 0.166. The summed E-state index contributed by atoms with van der Waals surface area (Å²) < 4.78 is 5.89. The van der Waals surface area contributed by atoms with Gasteiger partial charge in [0.25, 0.3) is 0 Å². The van der Waals surface area contributed by atoms with Crippen molar-refractivity contribution in [1.29, 1.82) is 0 Å². The lowest BCUT2D eigenvalue weighted by atomic mass is 9.88. The first kappa shape index (κ1) is 20.4. The lowest BCUT2D eigenvalue weighted by molar-refractivity contribution is -0.134. The third-order valence-electron chi connectivity index (χ3n) is 5.38. The Hall–Kier alpha value is -2.92. The number of amides is 1. The molecule has 2 aromatic carbocycles. The van der Waals surface area contributed by atoms with E-state index in [1.54, 1.807) is 0 Å². The molecule has 1 unspecified atom stereocenters. The van der Waals surface area contributed by atoms with Gasteiger partial charge in [0.15, 0.2) is 0 Å². The molecule has 6 heteroatoms. The Morgan fingerprint density at radius 1 is 1.03 bits per heavy atom. The first-order chi connectivity index (χ1) is 14.7. The van der Waals surface area contributed by atoms with Gasteiger partial charge >= 0.3 is 6.01 Å². The van der Waals surface area contributed by atoms with Crippen LogP contribution in [0.2, 0.25) is 5.02 Å². The molecule has 0 N–H and O–H groups in total. The first-order valence-electron chi connectivity index (χ1n) is 10.2. The van der Waals surface area contributed by atoms with Crippen molar-refractivity contribution in [3.8, 4) is 6.01 Å². The molecule has 154 valence electrons. The minimum atomic E-state index is -0.115. The number of rotatable bonds is 6. The molecular formula is C24H24ClN3O2. The maximum Gasteiger partial charge on any atom is 0.316 e. The molecule has 1 amide bonds. The summed E-state index contributed by atoms with van der Waals surface area (Å²) in [7, 11) is 0. The van der Waals surface area contributed by atoms with E-state index >= 15 is 0 Å². The van der Waals surface area contributed by atoms with Crippen molar-refractivity contribution in [3.63, 3.8) is 0 Å². The number of carbonyl (C=O) groups is 1. The molecule has 30 heavy (non-hydrogen) atoms. The lowest BCUT2D eigenvalue weighted by Gasteiger charge is -2.33. The van der Waals surface area contributed by atoms with E-state index in [2.05, 4.69) is 34.2 Å². The molecule has 1 fully saturated rings. The van der Waals surface area contributed by atoms with Crippen molar-refractivity contribution in [1.82, 2.24) is 14.9 Å². The highest BCUT2D eigenvalue weighted by molar-refractivity contribution is 6.30. The van der Waals surface area contributed by atoms with Crippen LogP contribution >= 0.6 is 11.6 Å². The Labute approximate surface area is 181 Å². The predicted octanol–water partition coefficient (Wildman–Crippen LogP) is 4.72. The largest absolute Gasteiger partial charge is 0.458 e. The topological polar surface area (TPSA) is 55.3 Å². The van der Waals surface area contributed by atoms with Crippen LogP contribution in [0.4, 0.5) is 0 Å². The van der Waals surface area contributed by atoms with Crippen molar-refractivity contribution < 1.29 is 9.53 Å². The summed E-state index contributed by atoms with van der Waals surface area (Å²) in [6.07, 6.45) is 5.11. The van der Waals surface area contributed by atoms with Crippen molar-refractivity contribution in [3.05, 3.63) is 89.2 Å². The van der Waals surface area contributed by atoms with Gasteiger partial charge in [-0.25, -0.2) is 9.97 Å². The molecule has 3 aromatic rings. The summed E-state index contributed by atoms with van der Waals surface area (Å²) >= 11 is 5.84. The molecule has 2 heterocycles. The smallest absolute Gasteiger partial charge is 0.316 e. The number of halogens is 1. The molecule has 1 aromatic heterocycles. The van der Waals surface area contributed by atoms with E-state index in [1.807, 2.05) is 41.3 Å². The highest BCUT2D eigenvalue weighted by Crippen LogP contribution is 2.29. The van der Waals surface area contributed by atoms with Crippen LogP contribution in [0, 0.1) is 0 Å². The van der Waals surface area contributed by atoms with Crippen LogP contribution in [0.1, 0.15) is 36.3 Å². The van der Waals surface area contributed by atoms with Crippen molar-refractivity contribution in [2.24, 2.45) is 0 Å². The highest BCUT2D eigenvalue weighted by atomic mass is 35.5. The number of benzene rings is 2. The monoisotopic (exact) mass is 421 g/mol. The zero-order valence-corrected chi connectivity index (χ0v) is 17.4. The van der Waals surface area contributed by atoms with Gasteiger partial charge in [-0.05, 0) is 24.0 Å². The van der Waals surface area contributed by atoms with Crippen LogP contribution in [0.5, 0.6) is 6.01 Å². The number of hydrogen-bond donors (Lipinski definition) is 0. The average Bonchev–Trinajstić information content (AvgIpc) is 2.80. The summed E-state index contributed by atoms with van der Waals surface area (Å²) in [4.78, 5) is 23.3. The van der Waals surface area contributed by atoms with Gasteiger partial charge in [-0.3, -0.25) is 4.79 Å². The molecule has 0 bridgehead atoms. The zero-order valence-electron chi connectivity index (χ0n) is 16.7. The Morgan fingerprint density at radius 3 is 2.23 bits per heavy atom. The summed E-state index contributed by atoms with van der Waals surface area (Å²) in [5.41, 5.74) is 2.30. The van der Waals surface area contributed by atoms with E-state index in [1.165, 1.54) is 12.4 Å². The molecule has 0 aliphatic carbocycles. The van der Waals surface area contributed by atoms with Crippen LogP contribution in [0.3, 0.4) is 0 Å². The molecule has 4 rings (SSSR count). The van der Waals surface area contributed by atoms with Crippen LogP contribution in [0.15, 0.2) is 73.1 Å². The summed E-state index contributed by atoms with van der Waals surface area (Å²) in [6, 6.07) is 20.7. The van der Waals surface area contributed by atoms with Gasteiger partial charge in [0.05, 0.1) is 24.0 Å². The van der Waals surface area contributed by atoms with Crippen molar-refractivity contribution in [2.45, 2.75) is 31.3 Å². The summed E-state index contributed by atoms with van der Waals surface area (Å²) in [5, 5.41) is 0.468. The predicted molar refractivity (Wildman–Crippen MR) is 117 cm³/mol. The van der Waals surface area contributed by atoms with Crippen molar-refractivity contribution in [2.75, 3.05) is 13.1 Å². The van der Waals surface area contributed by atoms with Gasteiger partial charge in [0.1, 0.15) is 6.10 Å². The van der Waals surface area contributed by atoms with E-state index in [0.717, 1.165) is 30.5 Å². The fraction of sp³-hybridized carbons (Fsp3) is 0.292. The average molecular weight is 422 g/mol. The fourth-order valence-electron chi connectivity index (χ4n) is 3.87. The molecule has 1 atom stereocenters. The highest BCUT2D eigenvalue weighted by Gasteiger charge is 2.28. The maximum atomic E-state index is 13.2. The number of likely N-dealkylation sites (tertiary alicyclic amines) is 1. The second-order valence-corrected chi connectivity index (χ2v) is 7.92. The number of aromatic nitrogens is 2. The molecule has 0 spiro atoms. The quantitative estimate of drug-likeness (QED) is 0.577. The Morgan fingerprint density at radius 2 is 1.63 bits per heavy atom. The molecule has 0 saturated carbocycles. The third kappa shape index (κ3) is 5.16. The maximum absolute atomic E-state index is 13.2. The summed E-state index contributed by atoms with van der Waals surface area (Å²) in [6.45, 7) is 1.29. The second-order valence-electron chi connectivity index (χ2n) is 7.48. The number of nitrogens with zero attached hydrogens (tertiary/aromatic N) is 3. The van der Waals surface area contributed by atoms with Crippen molar-refractivity contribution >= 4 is 17.5 Å². The van der Waals surface area contributed by atoms with Gasteiger partial charge in [-0.15, -0.1) is 0 Å². The number of hydrogen-bond acceptors (Lipinski definition) is 4. The molecule has 5 nitrogen and oxygen atoms in total. The first-order valence-corrected chi connectivity index (χ1v) is 10.6. The van der Waals surface area contributed by atoms with Crippen LogP contribution in [0.25, 0.3) is 0 Å². The zero-order chi connectivity index (χ0) is 20.8. The van der Waals surface area contributed by atoms with Gasteiger partial charge in [0, 0.05) is 18.9 Å².